The van der Waals surface area contributed by atoms with E-state index in [-0.39, 0.29) is 5.41 Å². The van der Waals surface area contributed by atoms with Crippen molar-refractivity contribution in [1.29, 1.82) is 0 Å². The van der Waals surface area contributed by atoms with E-state index in [0.717, 1.165) is 0 Å². The van der Waals surface area contributed by atoms with Crippen molar-refractivity contribution < 1.29 is 0 Å². The monoisotopic (exact) mass is 460 g/mol. The van der Waals surface area contributed by atoms with Crippen LogP contribution in [0.2, 0.25) is 0 Å². The van der Waals surface area contributed by atoms with Crippen molar-refractivity contribution in [2.24, 2.45) is 0 Å². The molecule has 2 heteroatoms. The maximum atomic E-state index is 4.52. The molecule has 2 nitrogen and oxygen atoms in total. The summed E-state index contributed by atoms with van der Waals surface area (Å²) in [4.78, 5) is 4.52. The molecule has 0 saturated carbocycles. The summed E-state index contributed by atoms with van der Waals surface area (Å²) in [6, 6.07) is 35.6. The van der Waals surface area contributed by atoms with Gasteiger partial charge in [0.1, 0.15) is 0 Å². The highest BCUT2D eigenvalue weighted by atomic mass is 15.0. The highest BCUT2D eigenvalue weighted by molar-refractivity contribution is 6.25. The second kappa shape index (κ2) is 6.83. The quantitative estimate of drug-likeness (QED) is 0.239. The first-order valence-corrected chi connectivity index (χ1v) is 12.6. The molecule has 5 aromatic carbocycles. The summed E-state index contributed by atoms with van der Waals surface area (Å²) >= 11 is 0. The molecule has 36 heavy (non-hydrogen) atoms. The number of hydrogen-bond donors (Lipinski definition) is 0. The van der Waals surface area contributed by atoms with Crippen molar-refractivity contribution in [3.05, 3.63) is 121 Å². The Bertz CT molecular complexity index is 2020. The van der Waals surface area contributed by atoms with Crippen LogP contribution in [0.25, 0.3) is 60.2 Å². The molecule has 170 valence electrons. The van der Waals surface area contributed by atoms with Crippen LogP contribution in [-0.4, -0.2) is 9.55 Å². The van der Waals surface area contributed by atoms with Gasteiger partial charge >= 0.3 is 0 Å². The Kier molecular flexibility index (Phi) is 3.76. The van der Waals surface area contributed by atoms with Gasteiger partial charge in [0.05, 0.1) is 16.7 Å². The minimum absolute atomic E-state index is 0.113. The van der Waals surface area contributed by atoms with Gasteiger partial charge in [0.25, 0.3) is 0 Å². The average molecular weight is 461 g/mol. The Morgan fingerprint density at radius 2 is 1.36 bits per heavy atom. The maximum absolute atomic E-state index is 4.52. The molecule has 0 bridgehead atoms. The summed E-state index contributed by atoms with van der Waals surface area (Å²) in [6.07, 6.45) is 3.99. The fraction of sp³-hybridized carbons (Fsp3) is 0.0882. The van der Waals surface area contributed by atoms with Crippen LogP contribution in [0.3, 0.4) is 0 Å². The highest BCUT2D eigenvalue weighted by Gasteiger charge is 2.34. The van der Waals surface area contributed by atoms with E-state index < -0.39 is 0 Å². The normalized spacial score (nSPS) is 14.1. The van der Waals surface area contributed by atoms with E-state index in [2.05, 4.69) is 127 Å². The second-order valence-electron chi connectivity index (χ2n) is 10.4. The minimum atomic E-state index is -0.113. The molecule has 0 fully saturated rings. The van der Waals surface area contributed by atoms with Crippen LogP contribution in [0.1, 0.15) is 25.0 Å². The second-order valence-corrected chi connectivity index (χ2v) is 10.4. The number of aromatic nitrogens is 2. The molecule has 7 aromatic rings. The van der Waals surface area contributed by atoms with Crippen molar-refractivity contribution in [2.75, 3.05) is 0 Å². The summed E-state index contributed by atoms with van der Waals surface area (Å²) in [5, 5.41) is 7.83. The minimum Gasteiger partial charge on any atom is -0.309 e. The van der Waals surface area contributed by atoms with Gasteiger partial charge in [0, 0.05) is 34.0 Å². The van der Waals surface area contributed by atoms with E-state index >= 15 is 0 Å². The third kappa shape index (κ3) is 2.39. The molecule has 1 aliphatic rings. The smallest absolute Gasteiger partial charge is 0.0553 e. The van der Waals surface area contributed by atoms with Crippen LogP contribution in [0, 0.1) is 0 Å². The van der Waals surface area contributed by atoms with Gasteiger partial charge in [0.2, 0.25) is 0 Å². The summed E-state index contributed by atoms with van der Waals surface area (Å²) in [6.45, 7) is 4.66. The first-order chi connectivity index (χ1) is 17.6. The molecule has 2 heterocycles. The van der Waals surface area contributed by atoms with Gasteiger partial charge in [0.15, 0.2) is 0 Å². The topological polar surface area (TPSA) is 17.8 Å². The van der Waals surface area contributed by atoms with Crippen LogP contribution in [0.4, 0.5) is 0 Å². The van der Waals surface area contributed by atoms with E-state index in [1.165, 1.54) is 71.3 Å². The lowest BCUT2D eigenvalue weighted by Crippen LogP contribution is -2.23. The van der Waals surface area contributed by atoms with Gasteiger partial charge in [-0.05, 0) is 62.7 Å². The number of hydrogen-bond acceptors (Lipinski definition) is 1. The molecule has 2 aromatic heterocycles. The number of fused-ring (bicyclic) bond motifs is 7. The first kappa shape index (κ1) is 19.8. The van der Waals surface area contributed by atoms with Crippen LogP contribution >= 0.6 is 0 Å². The van der Waals surface area contributed by atoms with E-state index in [1.807, 2.05) is 6.20 Å². The standard InChI is InChI=1S/C34H24N2/c1-34(2)27-14-8-13-25-32(27)26(23-17-18-35-20-28(23)34)19-31-33(25)24-12-5-6-15-30(24)36(31)29-16-7-10-21-9-3-4-11-22(21)29/h3-20H,1-2H3. The largest absolute Gasteiger partial charge is 0.309 e. The van der Waals surface area contributed by atoms with Gasteiger partial charge in [-0.3, -0.25) is 4.98 Å². The van der Waals surface area contributed by atoms with E-state index in [1.54, 1.807) is 0 Å². The zero-order chi connectivity index (χ0) is 24.0. The molecule has 0 N–H and O–H groups in total. The third-order valence-electron chi connectivity index (χ3n) is 8.26. The zero-order valence-electron chi connectivity index (χ0n) is 20.3. The Labute approximate surface area is 209 Å². The van der Waals surface area contributed by atoms with E-state index in [0.29, 0.717) is 0 Å². The molecule has 0 amide bonds. The fourth-order valence-corrected chi connectivity index (χ4v) is 6.61. The summed E-state index contributed by atoms with van der Waals surface area (Å²) in [5.41, 5.74) is 8.84. The molecule has 0 saturated heterocycles. The Morgan fingerprint density at radius 1 is 0.611 bits per heavy atom. The van der Waals surface area contributed by atoms with E-state index in [4.69, 9.17) is 0 Å². The third-order valence-corrected chi connectivity index (χ3v) is 8.26. The molecule has 8 rings (SSSR count). The molecule has 0 aliphatic heterocycles. The van der Waals surface area contributed by atoms with Crippen molar-refractivity contribution in [1.82, 2.24) is 9.55 Å². The SMILES string of the molecule is CC1(C)c2cnccc2-c2cc3c(c4cccc1c24)c1ccccc1n3-c1cccc2ccccc12. The number of pyridine rings is 1. The molecule has 0 spiro atoms. The lowest BCUT2D eigenvalue weighted by molar-refractivity contribution is 0.642. The molecular weight excluding hydrogens is 436 g/mol. The number of nitrogens with zero attached hydrogens (tertiary/aromatic N) is 2. The maximum Gasteiger partial charge on any atom is 0.0553 e. The van der Waals surface area contributed by atoms with Crippen molar-refractivity contribution in [2.45, 2.75) is 19.3 Å². The average Bonchev–Trinajstić information content (AvgIpc) is 3.25. The molecular formula is C34H24N2. The van der Waals surface area contributed by atoms with Crippen LogP contribution in [0.5, 0.6) is 0 Å². The van der Waals surface area contributed by atoms with Crippen LogP contribution in [0.15, 0.2) is 109 Å². The Morgan fingerprint density at radius 3 is 2.28 bits per heavy atom. The van der Waals surface area contributed by atoms with Crippen LogP contribution < -0.4 is 0 Å². The predicted octanol–water partition coefficient (Wildman–Crippen LogP) is 8.79. The predicted molar refractivity (Wildman–Crippen MR) is 151 cm³/mol. The van der Waals surface area contributed by atoms with Gasteiger partial charge < -0.3 is 4.57 Å². The summed E-state index contributed by atoms with van der Waals surface area (Å²) in [5.74, 6) is 0. The zero-order valence-corrected chi connectivity index (χ0v) is 20.3. The van der Waals surface area contributed by atoms with Gasteiger partial charge in [-0.1, -0.05) is 86.6 Å². The van der Waals surface area contributed by atoms with Crippen molar-refractivity contribution in [3.8, 4) is 16.8 Å². The fourth-order valence-electron chi connectivity index (χ4n) is 6.61. The van der Waals surface area contributed by atoms with Crippen molar-refractivity contribution in [3.63, 3.8) is 0 Å². The molecule has 1 aliphatic carbocycles. The number of rotatable bonds is 1. The lowest BCUT2D eigenvalue weighted by atomic mass is 9.69. The molecule has 0 radical (unpaired) electrons. The summed E-state index contributed by atoms with van der Waals surface area (Å²) in [7, 11) is 0. The molecule has 0 unspecified atom stereocenters. The first-order valence-electron chi connectivity index (χ1n) is 12.6. The van der Waals surface area contributed by atoms with Gasteiger partial charge in [-0.2, -0.15) is 0 Å². The summed E-state index contributed by atoms with van der Waals surface area (Å²) < 4.78 is 2.47. The number of benzene rings is 5. The molecule has 0 atom stereocenters. The lowest BCUT2D eigenvalue weighted by Gasteiger charge is -2.34. The van der Waals surface area contributed by atoms with Crippen molar-refractivity contribution >= 4 is 43.4 Å². The highest BCUT2D eigenvalue weighted by Crippen LogP contribution is 2.51. The Balaban J connectivity index is 1.64. The van der Waals surface area contributed by atoms with Crippen LogP contribution in [-0.2, 0) is 5.41 Å². The Hall–Kier alpha value is -4.43. The van der Waals surface area contributed by atoms with Gasteiger partial charge in [-0.15, -0.1) is 0 Å². The number of para-hydroxylation sites is 1. The van der Waals surface area contributed by atoms with Gasteiger partial charge in [-0.25, -0.2) is 0 Å². The van der Waals surface area contributed by atoms with E-state index in [9.17, 15) is 0 Å².